The lowest BCUT2D eigenvalue weighted by Crippen LogP contribution is -2.43. The van der Waals surface area contributed by atoms with Crippen LogP contribution in [0.25, 0.3) is 0 Å². The average molecular weight is 280 g/mol. The average Bonchev–Trinajstić information content (AvgIpc) is 2.47. The summed E-state index contributed by atoms with van der Waals surface area (Å²) in [7, 11) is 1.66. The molecule has 1 N–H and O–H groups in total. The first-order valence-electron chi connectivity index (χ1n) is 7.15. The Morgan fingerprint density at radius 2 is 1.75 bits per heavy atom. The highest BCUT2D eigenvalue weighted by atomic mass is 16.5. The number of rotatable bonds is 5. The quantitative estimate of drug-likeness (QED) is 0.901. The Labute approximate surface area is 120 Å². The molecule has 112 valence electrons. The molecule has 1 aliphatic rings. The van der Waals surface area contributed by atoms with Gasteiger partial charge in [0.05, 0.1) is 6.10 Å². The van der Waals surface area contributed by atoms with Crippen molar-refractivity contribution in [2.45, 2.75) is 44.5 Å². The normalized spacial score (nSPS) is 19.9. The summed E-state index contributed by atoms with van der Waals surface area (Å²) in [6.45, 7) is 5.23. The van der Waals surface area contributed by atoms with Gasteiger partial charge in [-0.25, -0.2) is 0 Å². The third kappa shape index (κ3) is 3.32. The van der Waals surface area contributed by atoms with Crippen molar-refractivity contribution in [3.8, 4) is 5.75 Å². The van der Waals surface area contributed by atoms with Gasteiger partial charge in [0.2, 0.25) is 0 Å². The first-order valence-corrected chi connectivity index (χ1v) is 7.15. The van der Waals surface area contributed by atoms with Gasteiger partial charge >= 0.3 is 0 Å². The molecule has 0 spiro atoms. The van der Waals surface area contributed by atoms with E-state index in [4.69, 9.17) is 14.2 Å². The Balaban J connectivity index is 2.13. The highest BCUT2D eigenvalue weighted by molar-refractivity contribution is 5.30. The van der Waals surface area contributed by atoms with Gasteiger partial charge in [-0.15, -0.1) is 0 Å². The van der Waals surface area contributed by atoms with Crippen LogP contribution < -0.4 is 4.74 Å². The Morgan fingerprint density at radius 1 is 1.15 bits per heavy atom. The van der Waals surface area contributed by atoms with Crippen LogP contribution in [0.2, 0.25) is 0 Å². The minimum Gasteiger partial charge on any atom is -0.491 e. The number of methoxy groups -OCH3 is 1. The summed E-state index contributed by atoms with van der Waals surface area (Å²) < 4.78 is 16.6. The van der Waals surface area contributed by atoms with Gasteiger partial charge in [-0.2, -0.15) is 0 Å². The maximum atomic E-state index is 10.6. The lowest BCUT2D eigenvalue weighted by Gasteiger charge is -2.39. The molecule has 0 aromatic heterocycles. The second kappa shape index (κ2) is 6.57. The van der Waals surface area contributed by atoms with E-state index in [2.05, 4.69) is 0 Å². The Morgan fingerprint density at radius 3 is 2.25 bits per heavy atom. The topological polar surface area (TPSA) is 47.9 Å². The Hall–Kier alpha value is -1.10. The molecule has 1 aromatic carbocycles. The van der Waals surface area contributed by atoms with Gasteiger partial charge in [-0.1, -0.05) is 12.1 Å². The molecule has 2 rings (SSSR count). The molecule has 0 amide bonds. The standard InChI is InChI=1S/C16H24O4/c1-12(2)20-14-6-4-13(5-7-14)15(17)16(18-3)8-10-19-11-9-16/h4-7,12,15,17H,8-11H2,1-3H3. The largest absolute Gasteiger partial charge is 0.491 e. The Bertz CT molecular complexity index is 407. The first kappa shape index (κ1) is 15.3. The second-order valence-corrected chi connectivity index (χ2v) is 5.52. The van der Waals surface area contributed by atoms with E-state index in [1.165, 1.54) is 0 Å². The van der Waals surface area contributed by atoms with Gasteiger partial charge in [0.1, 0.15) is 17.5 Å². The van der Waals surface area contributed by atoms with Crippen LogP contribution in [0.15, 0.2) is 24.3 Å². The number of aliphatic hydroxyl groups excluding tert-OH is 1. The number of hydrogen-bond donors (Lipinski definition) is 1. The number of ether oxygens (including phenoxy) is 3. The summed E-state index contributed by atoms with van der Waals surface area (Å²) in [5.74, 6) is 0.814. The van der Waals surface area contributed by atoms with E-state index in [0.717, 1.165) is 11.3 Å². The van der Waals surface area contributed by atoms with E-state index in [1.807, 2.05) is 38.1 Å². The molecule has 20 heavy (non-hydrogen) atoms. The second-order valence-electron chi connectivity index (χ2n) is 5.52. The molecule has 1 heterocycles. The molecule has 1 aliphatic heterocycles. The highest BCUT2D eigenvalue weighted by Gasteiger charge is 2.40. The number of benzene rings is 1. The van der Waals surface area contributed by atoms with Crippen LogP contribution in [-0.4, -0.2) is 37.1 Å². The molecule has 1 saturated heterocycles. The molecule has 1 aromatic rings. The predicted octanol–water partition coefficient (Wildman–Crippen LogP) is 2.70. The molecular weight excluding hydrogens is 256 g/mol. The van der Waals surface area contributed by atoms with Crippen LogP contribution in [0, 0.1) is 0 Å². The van der Waals surface area contributed by atoms with Crippen molar-refractivity contribution >= 4 is 0 Å². The van der Waals surface area contributed by atoms with Crippen molar-refractivity contribution in [2.24, 2.45) is 0 Å². The summed E-state index contributed by atoms with van der Waals surface area (Å²) in [5, 5.41) is 10.6. The Kier molecular flexibility index (Phi) is 5.02. The molecule has 0 saturated carbocycles. The zero-order chi connectivity index (χ0) is 14.6. The third-order valence-electron chi connectivity index (χ3n) is 3.81. The van der Waals surface area contributed by atoms with E-state index in [1.54, 1.807) is 7.11 Å². The zero-order valence-corrected chi connectivity index (χ0v) is 12.5. The van der Waals surface area contributed by atoms with E-state index < -0.39 is 11.7 Å². The van der Waals surface area contributed by atoms with Gasteiger partial charge in [0.15, 0.2) is 0 Å². The molecule has 0 aliphatic carbocycles. The van der Waals surface area contributed by atoms with Crippen molar-refractivity contribution in [3.63, 3.8) is 0 Å². The third-order valence-corrected chi connectivity index (χ3v) is 3.81. The van der Waals surface area contributed by atoms with Gasteiger partial charge in [0, 0.05) is 33.2 Å². The molecule has 1 atom stereocenters. The van der Waals surface area contributed by atoms with E-state index in [9.17, 15) is 5.11 Å². The fourth-order valence-electron chi connectivity index (χ4n) is 2.61. The summed E-state index contributed by atoms with van der Waals surface area (Å²) in [6, 6.07) is 7.58. The predicted molar refractivity (Wildman–Crippen MR) is 77.0 cm³/mol. The molecule has 0 bridgehead atoms. The van der Waals surface area contributed by atoms with Crippen molar-refractivity contribution < 1.29 is 19.3 Å². The van der Waals surface area contributed by atoms with Crippen LogP contribution in [0.1, 0.15) is 38.4 Å². The maximum absolute atomic E-state index is 10.6. The summed E-state index contributed by atoms with van der Waals surface area (Å²) in [4.78, 5) is 0. The van der Waals surface area contributed by atoms with Crippen LogP contribution in [-0.2, 0) is 9.47 Å². The van der Waals surface area contributed by atoms with Crippen LogP contribution in [0.3, 0.4) is 0 Å². The SMILES string of the molecule is COC1(C(O)c2ccc(OC(C)C)cc2)CCOCC1. The molecule has 1 unspecified atom stereocenters. The van der Waals surface area contributed by atoms with Crippen LogP contribution >= 0.6 is 0 Å². The van der Waals surface area contributed by atoms with Crippen molar-refractivity contribution in [1.82, 2.24) is 0 Å². The highest BCUT2D eigenvalue weighted by Crippen LogP contribution is 2.37. The minimum absolute atomic E-state index is 0.145. The van der Waals surface area contributed by atoms with Crippen molar-refractivity contribution in [1.29, 1.82) is 0 Å². The van der Waals surface area contributed by atoms with Gasteiger partial charge in [0.25, 0.3) is 0 Å². The van der Waals surface area contributed by atoms with E-state index in [-0.39, 0.29) is 6.10 Å². The summed E-state index contributed by atoms with van der Waals surface area (Å²) >= 11 is 0. The molecule has 4 heteroatoms. The van der Waals surface area contributed by atoms with Crippen LogP contribution in [0.5, 0.6) is 5.75 Å². The van der Waals surface area contributed by atoms with Crippen molar-refractivity contribution in [3.05, 3.63) is 29.8 Å². The lowest BCUT2D eigenvalue weighted by molar-refractivity contribution is -0.154. The van der Waals surface area contributed by atoms with E-state index in [0.29, 0.717) is 26.1 Å². The molecular formula is C16H24O4. The lowest BCUT2D eigenvalue weighted by atomic mass is 9.84. The van der Waals surface area contributed by atoms with Crippen LogP contribution in [0.4, 0.5) is 0 Å². The fourth-order valence-corrected chi connectivity index (χ4v) is 2.61. The van der Waals surface area contributed by atoms with Gasteiger partial charge in [-0.3, -0.25) is 0 Å². The molecule has 1 fully saturated rings. The molecule has 4 nitrogen and oxygen atoms in total. The van der Waals surface area contributed by atoms with E-state index >= 15 is 0 Å². The fraction of sp³-hybridized carbons (Fsp3) is 0.625. The number of aliphatic hydroxyl groups is 1. The summed E-state index contributed by atoms with van der Waals surface area (Å²) in [5.41, 5.74) is 0.309. The summed E-state index contributed by atoms with van der Waals surface area (Å²) in [6.07, 6.45) is 0.903. The number of hydrogen-bond acceptors (Lipinski definition) is 4. The first-order chi connectivity index (χ1) is 9.57. The van der Waals surface area contributed by atoms with Gasteiger partial charge < -0.3 is 19.3 Å². The maximum Gasteiger partial charge on any atom is 0.119 e. The molecule has 0 radical (unpaired) electrons. The minimum atomic E-state index is -0.649. The monoisotopic (exact) mass is 280 g/mol. The van der Waals surface area contributed by atoms with Gasteiger partial charge in [-0.05, 0) is 31.5 Å². The van der Waals surface area contributed by atoms with Crippen molar-refractivity contribution in [2.75, 3.05) is 20.3 Å². The zero-order valence-electron chi connectivity index (χ0n) is 12.5. The smallest absolute Gasteiger partial charge is 0.119 e.